The normalized spacial score (nSPS) is 11.9. The molecule has 33 heavy (non-hydrogen) atoms. The van der Waals surface area contributed by atoms with Crippen LogP contribution in [0.1, 0.15) is 11.3 Å². The summed E-state index contributed by atoms with van der Waals surface area (Å²) in [4.78, 5) is 18.8. The molecule has 0 aliphatic heterocycles. The second-order valence-electron chi connectivity index (χ2n) is 7.62. The summed E-state index contributed by atoms with van der Waals surface area (Å²) in [5.41, 5.74) is 3.46. The molecule has 166 valence electrons. The van der Waals surface area contributed by atoms with Crippen LogP contribution >= 0.6 is 11.3 Å². The fourth-order valence-electron chi connectivity index (χ4n) is 3.74. The molecule has 2 aromatic carbocycles. The standard InChI is InChI=1S/C25H21FN4O2S/c1-17-23(24(31)30(28(17)2)20-7-4-3-5-8-20)27-25-29(15-18-10-12-19(26)13-11-18)21(16-33-25)22-9-6-14-32-22/h3-14,16H,15H2,1-2H3. The molecule has 0 amide bonds. The molecule has 6 nitrogen and oxygen atoms in total. The number of thiazole rings is 1. The Morgan fingerprint density at radius 1 is 1.03 bits per heavy atom. The maximum absolute atomic E-state index is 13.4. The molecule has 0 saturated carbocycles. The molecule has 0 unspecified atom stereocenters. The van der Waals surface area contributed by atoms with Crippen molar-refractivity contribution in [2.24, 2.45) is 12.0 Å². The first-order chi connectivity index (χ1) is 16.0. The quantitative estimate of drug-likeness (QED) is 0.370. The smallest absolute Gasteiger partial charge is 0.297 e. The number of rotatable bonds is 5. The molecule has 3 heterocycles. The summed E-state index contributed by atoms with van der Waals surface area (Å²) in [6.07, 6.45) is 1.62. The van der Waals surface area contributed by atoms with Gasteiger partial charge in [0.05, 0.1) is 29.9 Å². The van der Waals surface area contributed by atoms with E-state index in [0.717, 1.165) is 22.6 Å². The fraction of sp³-hybridized carbons (Fsp3) is 0.120. The van der Waals surface area contributed by atoms with Gasteiger partial charge in [-0.15, -0.1) is 11.3 Å². The molecule has 0 fully saturated rings. The van der Waals surface area contributed by atoms with E-state index in [1.807, 2.05) is 71.1 Å². The van der Waals surface area contributed by atoms with E-state index < -0.39 is 0 Å². The van der Waals surface area contributed by atoms with Crippen molar-refractivity contribution < 1.29 is 8.81 Å². The minimum atomic E-state index is -0.286. The Morgan fingerprint density at radius 2 is 1.79 bits per heavy atom. The van der Waals surface area contributed by atoms with Gasteiger partial charge in [0.1, 0.15) is 5.82 Å². The van der Waals surface area contributed by atoms with Crippen molar-refractivity contribution in [1.82, 2.24) is 13.9 Å². The van der Waals surface area contributed by atoms with Crippen LogP contribution in [0.5, 0.6) is 0 Å². The van der Waals surface area contributed by atoms with Crippen molar-refractivity contribution in [3.63, 3.8) is 0 Å². The lowest BCUT2D eigenvalue weighted by atomic mass is 10.2. The van der Waals surface area contributed by atoms with Crippen molar-refractivity contribution in [1.29, 1.82) is 0 Å². The first kappa shape index (κ1) is 21.0. The van der Waals surface area contributed by atoms with Gasteiger partial charge in [0.15, 0.2) is 16.2 Å². The van der Waals surface area contributed by atoms with Crippen LogP contribution in [0.3, 0.4) is 0 Å². The van der Waals surface area contributed by atoms with E-state index in [-0.39, 0.29) is 11.4 Å². The highest BCUT2D eigenvalue weighted by Gasteiger charge is 2.17. The molecule has 0 spiro atoms. The van der Waals surface area contributed by atoms with Gasteiger partial charge >= 0.3 is 0 Å². The van der Waals surface area contributed by atoms with Gasteiger partial charge in [0.25, 0.3) is 5.56 Å². The molecule has 0 saturated heterocycles. The van der Waals surface area contributed by atoms with Crippen LogP contribution in [-0.2, 0) is 13.6 Å². The lowest BCUT2D eigenvalue weighted by Gasteiger charge is -2.08. The molecule has 0 radical (unpaired) electrons. The minimum Gasteiger partial charge on any atom is -0.463 e. The van der Waals surface area contributed by atoms with E-state index in [1.165, 1.54) is 23.5 Å². The van der Waals surface area contributed by atoms with Crippen LogP contribution in [0.2, 0.25) is 0 Å². The Morgan fingerprint density at radius 3 is 2.48 bits per heavy atom. The van der Waals surface area contributed by atoms with Crippen LogP contribution in [-0.4, -0.2) is 13.9 Å². The summed E-state index contributed by atoms with van der Waals surface area (Å²) >= 11 is 1.42. The Kier molecular flexibility index (Phi) is 5.43. The molecule has 5 aromatic rings. The van der Waals surface area contributed by atoms with Gasteiger partial charge in [-0.2, -0.15) is 0 Å². The summed E-state index contributed by atoms with van der Waals surface area (Å²) in [6.45, 7) is 2.34. The maximum atomic E-state index is 13.4. The molecule has 8 heteroatoms. The average Bonchev–Trinajstić information content (AvgIpc) is 3.53. The van der Waals surface area contributed by atoms with Gasteiger partial charge < -0.3 is 8.98 Å². The van der Waals surface area contributed by atoms with Gasteiger partial charge in [0.2, 0.25) is 0 Å². The molecule has 3 aromatic heterocycles. The SMILES string of the molecule is Cc1c(N=c2scc(-c3ccco3)n2Cc2ccc(F)cc2)c(=O)n(-c2ccccc2)n1C. The van der Waals surface area contributed by atoms with Crippen molar-refractivity contribution in [2.45, 2.75) is 13.5 Å². The third-order valence-corrected chi connectivity index (χ3v) is 6.42. The van der Waals surface area contributed by atoms with Gasteiger partial charge in [-0.1, -0.05) is 30.3 Å². The predicted octanol–water partition coefficient (Wildman–Crippen LogP) is 5.03. The number of hydrogen-bond acceptors (Lipinski definition) is 4. The number of furan rings is 1. The van der Waals surface area contributed by atoms with Crippen molar-refractivity contribution >= 4 is 17.0 Å². The largest absolute Gasteiger partial charge is 0.463 e. The number of aromatic nitrogens is 3. The predicted molar refractivity (Wildman–Crippen MR) is 126 cm³/mol. The van der Waals surface area contributed by atoms with Gasteiger partial charge in [-0.25, -0.2) is 14.1 Å². The third-order valence-electron chi connectivity index (χ3n) is 5.56. The van der Waals surface area contributed by atoms with E-state index in [2.05, 4.69) is 0 Å². The number of nitrogens with zero attached hydrogens (tertiary/aromatic N) is 4. The zero-order valence-corrected chi connectivity index (χ0v) is 18.9. The van der Waals surface area contributed by atoms with E-state index in [1.54, 1.807) is 23.1 Å². The summed E-state index contributed by atoms with van der Waals surface area (Å²) in [7, 11) is 1.85. The van der Waals surface area contributed by atoms with Gasteiger partial charge in [-0.3, -0.25) is 9.48 Å². The summed E-state index contributed by atoms with van der Waals surface area (Å²) < 4.78 is 24.4. The Balaban J connectivity index is 1.68. The minimum absolute atomic E-state index is 0.192. The Hall–Kier alpha value is -3.91. The second kappa shape index (κ2) is 8.55. The molecule has 0 N–H and O–H groups in total. The van der Waals surface area contributed by atoms with E-state index in [0.29, 0.717) is 22.8 Å². The van der Waals surface area contributed by atoms with E-state index >= 15 is 0 Å². The zero-order valence-electron chi connectivity index (χ0n) is 18.1. The molecular formula is C25H21FN4O2S. The number of halogens is 1. The van der Waals surface area contributed by atoms with E-state index in [9.17, 15) is 9.18 Å². The summed E-state index contributed by atoms with van der Waals surface area (Å²) in [6, 6.07) is 19.5. The van der Waals surface area contributed by atoms with Crippen molar-refractivity contribution in [3.8, 4) is 17.1 Å². The third kappa shape index (κ3) is 3.89. The van der Waals surface area contributed by atoms with Gasteiger partial charge in [0, 0.05) is 12.4 Å². The average molecular weight is 461 g/mol. The lowest BCUT2D eigenvalue weighted by molar-refractivity contribution is 0.573. The highest BCUT2D eigenvalue weighted by atomic mass is 32.1. The fourth-order valence-corrected chi connectivity index (χ4v) is 4.64. The van der Waals surface area contributed by atoms with Crippen LogP contribution in [0.15, 0.2) is 92.6 Å². The van der Waals surface area contributed by atoms with Crippen molar-refractivity contribution in [3.05, 3.63) is 111 Å². The first-order valence-electron chi connectivity index (χ1n) is 10.4. The molecule has 0 aliphatic carbocycles. The number of para-hydroxylation sites is 1. The molecule has 0 aliphatic rings. The summed E-state index contributed by atoms with van der Waals surface area (Å²) in [5, 5.41) is 1.95. The monoisotopic (exact) mass is 460 g/mol. The van der Waals surface area contributed by atoms with Crippen LogP contribution in [0.4, 0.5) is 10.1 Å². The van der Waals surface area contributed by atoms with Crippen LogP contribution in [0.25, 0.3) is 17.1 Å². The van der Waals surface area contributed by atoms with Crippen LogP contribution < -0.4 is 10.4 Å². The molecular weight excluding hydrogens is 439 g/mol. The zero-order chi connectivity index (χ0) is 22.9. The summed E-state index contributed by atoms with van der Waals surface area (Å²) in [5.74, 6) is 0.410. The Bertz CT molecular complexity index is 1520. The number of benzene rings is 2. The van der Waals surface area contributed by atoms with Crippen molar-refractivity contribution in [2.75, 3.05) is 0 Å². The maximum Gasteiger partial charge on any atom is 0.297 e. The second-order valence-corrected chi connectivity index (χ2v) is 8.45. The highest BCUT2D eigenvalue weighted by Crippen LogP contribution is 2.23. The van der Waals surface area contributed by atoms with Crippen LogP contribution in [0, 0.1) is 12.7 Å². The molecule has 0 atom stereocenters. The van der Waals surface area contributed by atoms with Gasteiger partial charge in [-0.05, 0) is 48.9 Å². The first-order valence-corrected chi connectivity index (χ1v) is 11.3. The topological polar surface area (TPSA) is 57.4 Å². The highest BCUT2D eigenvalue weighted by molar-refractivity contribution is 7.07. The molecule has 0 bridgehead atoms. The molecule has 5 rings (SSSR count). The van der Waals surface area contributed by atoms with E-state index in [4.69, 9.17) is 9.41 Å². The lowest BCUT2D eigenvalue weighted by Crippen LogP contribution is -2.20. The number of hydrogen-bond donors (Lipinski definition) is 0. The Labute approximate surface area is 193 Å².